The predicted molar refractivity (Wildman–Crippen MR) is 67.6 cm³/mol. The van der Waals surface area contributed by atoms with Crippen LogP contribution in [-0.4, -0.2) is 27.1 Å². The molecule has 0 amide bonds. The number of aromatic nitrogens is 2. The number of ether oxygens (including phenoxy) is 1. The third-order valence-corrected chi connectivity index (χ3v) is 2.43. The molecule has 1 heterocycles. The molecule has 0 aliphatic heterocycles. The van der Waals surface area contributed by atoms with Gasteiger partial charge in [0.2, 0.25) is 11.2 Å². The quantitative estimate of drug-likeness (QED) is 0.617. The fourth-order valence-electron chi connectivity index (χ4n) is 1.37. The molecule has 2 aromatic rings. The summed E-state index contributed by atoms with van der Waals surface area (Å²) in [6, 6.07) is 9.44. The molecule has 0 radical (unpaired) electrons. The van der Waals surface area contributed by atoms with Gasteiger partial charge in [0.25, 0.3) is 0 Å². The van der Waals surface area contributed by atoms with Crippen LogP contribution in [0.5, 0.6) is 5.88 Å². The van der Waals surface area contributed by atoms with Crippen molar-refractivity contribution in [2.24, 2.45) is 0 Å². The van der Waals surface area contributed by atoms with Crippen molar-refractivity contribution in [2.75, 3.05) is 0 Å². The molecule has 2 rings (SSSR count). The van der Waals surface area contributed by atoms with Gasteiger partial charge in [0.05, 0.1) is 5.46 Å². The number of hydrogen-bond donors (Lipinski definition) is 2. The molecule has 2 N–H and O–H groups in total. The van der Waals surface area contributed by atoms with Crippen molar-refractivity contribution in [3.8, 4) is 5.88 Å². The van der Waals surface area contributed by atoms with E-state index in [-0.39, 0.29) is 23.2 Å². The van der Waals surface area contributed by atoms with E-state index in [4.69, 9.17) is 26.4 Å². The van der Waals surface area contributed by atoms with E-state index in [2.05, 4.69) is 9.97 Å². The average Bonchev–Trinajstić information content (AvgIpc) is 2.37. The Morgan fingerprint density at radius 3 is 2.61 bits per heavy atom. The van der Waals surface area contributed by atoms with Crippen LogP contribution in [0.2, 0.25) is 5.28 Å². The molecular weight excluding hydrogens is 254 g/mol. The van der Waals surface area contributed by atoms with Crippen molar-refractivity contribution in [3.05, 3.63) is 47.4 Å². The minimum atomic E-state index is -1.70. The SMILES string of the molecule is OB(O)c1cnc(Cl)nc1OCc1ccccc1. The zero-order valence-electron chi connectivity index (χ0n) is 9.32. The standard InChI is InChI=1S/C11H10BClN2O3/c13-11-14-6-9(12(16)17)10(15-11)18-7-8-4-2-1-3-5-8/h1-6,16-17H,7H2. The van der Waals surface area contributed by atoms with Crippen LogP contribution in [0.1, 0.15) is 5.56 Å². The van der Waals surface area contributed by atoms with Gasteiger partial charge in [-0.3, -0.25) is 0 Å². The Hall–Kier alpha value is -1.63. The average molecular weight is 264 g/mol. The summed E-state index contributed by atoms with van der Waals surface area (Å²) in [5, 5.41) is 18.3. The Morgan fingerprint density at radius 1 is 1.22 bits per heavy atom. The summed E-state index contributed by atoms with van der Waals surface area (Å²) in [6.45, 7) is 0.258. The molecular formula is C11H10BClN2O3. The molecule has 0 saturated heterocycles. The van der Waals surface area contributed by atoms with Gasteiger partial charge in [-0.25, -0.2) is 4.98 Å². The van der Waals surface area contributed by atoms with E-state index in [9.17, 15) is 0 Å². The molecule has 0 saturated carbocycles. The summed E-state index contributed by atoms with van der Waals surface area (Å²) in [5.41, 5.74) is 1.01. The zero-order valence-corrected chi connectivity index (χ0v) is 10.1. The molecule has 1 aromatic carbocycles. The molecule has 0 atom stereocenters. The highest BCUT2D eigenvalue weighted by molar-refractivity contribution is 6.59. The van der Waals surface area contributed by atoms with Crippen molar-refractivity contribution < 1.29 is 14.8 Å². The number of hydrogen-bond acceptors (Lipinski definition) is 5. The lowest BCUT2D eigenvalue weighted by molar-refractivity contribution is 0.294. The Labute approximate surface area is 109 Å². The van der Waals surface area contributed by atoms with Crippen LogP contribution in [0.25, 0.3) is 0 Å². The van der Waals surface area contributed by atoms with E-state index in [1.54, 1.807) is 0 Å². The Bertz CT molecular complexity index is 525. The summed E-state index contributed by atoms with van der Waals surface area (Å²) in [6.07, 6.45) is 1.22. The fourth-order valence-corrected chi connectivity index (χ4v) is 1.50. The van der Waals surface area contributed by atoms with E-state index in [0.29, 0.717) is 0 Å². The lowest BCUT2D eigenvalue weighted by Crippen LogP contribution is -2.32. The van der Waals surface area contributed by atoms with Gasteiger partial charge >= 0.3 is 7.12 Å². The van der Waals surface area contributed by atoms with Crippen LogP contribution < -0.4 is 10.2 Å². The topological polar surface area (TPSA) is 75.5 Å². The minimum Gasteiger partial charge on any atom is -0.473 e. The third-order valence-electron chi connectivity index (χ3n) is 2.25. The first-order chi connectivity index (χ1) is 8.66. The van der Waals surface area contributed by atoms with Crippen molar-refractivity contribution >= 4 is 24.2 Å². The third kappa shape index (κ3) is 3.19. The van der Waals surface area contributed by atoms with Gasteiger partial charge in [0.1, 0.15) is 6.61 Å². The number of benzene rings is 1. The van der Waals surface area contributed by atoms with Crippen LogP contribution in [-0.2, 0) is 6.61 Å². The van der Waals surface area contributed by atoms with Crippen LogP contribution in [0, 0.1) is 0 Å². The number of nitrogens with zero attached hydrogens (tertiary/aromatic N) is 2. The molecule has 18 heavy (non-hydrogen) atoms. The number of rotatable bonds is 4. The maximum Gasteiger partial charge on any atom is 0.495 e. The largest absolute Gasteiger partial charge is 0.495 e. The number of halogens is 1. The van der Waals surface area contributed by atoms with Gasteiger partial charge < -0.3 is 14.8 Å². The molecule has 92 valence electrons. The molecule has 0 bridgehead atoms. The van der Waals surface area contributed by atoms with Crippen molar-refractivity contribution in [2.45, 2.75) is 6.61 Å². The second-order valence-corrected chi connectivity index (χ2v) is 3.89. The smallest absolute Gasteiger partial charge is 0.473 e. The first-order valence-corrected chi connectivity index (χ1v) is 5.60. The van der Waals surface area contributed by atoms with Crippen LogP contribution in [0.15, 0.2) is 36.5 Å². The summed E-state index contributed by atoms with van der Waals surface area (Å²) >= 11 is 5.64. The van der Waals surface area contributed by atoms with Gasteiger partial charge in [0, 0.05) is 6.20 Å². The van der Waals surface area contributed by atoms with E-state index < -0.39 is 7.12 Å². The van der Waals surface area contributed by atoms with E-state index >= 15 is 0 Å². The summed E-state index contributed by atoms with van der Waals surface area (Å²) in [5.74, 6) is 0.0638. The zero-order chi connectivity index (χ0) is 13.0. The van der Waals surface area contributed by atoms with E-state index in [0.717, 1.165) is 5.56 Å². The van der Waals surface area contributed by atoms with Gasteiger partial charge in [-0.15, -0.1) is 0 Å². The molecule has 5 nitrogen and oxygen atoms in total. The second kappa shape index (κ2) is 5.81. The highest BCUT2D eigenvalue weighted by Crippen LogP contribution is 2.10. The summed E-state index contributed by atoms with van der Waals surface area (Å²) in [7, 11) is -1.70. The normalized spacial score (nSPS) is 10.2. The molecule has 0 spiro atoms. The Balaban J connectivity index is 2.15. The Morgan fingerprint density at radius 2 is 1.94 bits per heavy atom. The van der Waals surface area contributed by atoms with Crippen molar-refractivity contribution in [1.82, 2.24) is 9.97 Å². The monoisotopic (exact) mass is 264 g/mol. The predicted octanol–water partition coefficient (Wildman–Crippen LogP) is 0.389. The van der Waals surface area contributed by atoms with Gasteiger partial charge in [-0.2, -0.15) is 4.98 Å². The van der Waals surface area contributed by atoms with Crippen molar-refractivity contribution in [1.29, 1.82) is 0 Å². The highest BCUT2D eigenvalue weighted by Gasteiger charge is 2.19. The van der Waals surface area contributed by atoms with Crippen LogP contribution in [0.4, 0.5) is 0 Å². The lowest BCUT2D eigenvalue weighted by atomic mass is 9.82. The molecule has 1 aromatic heterocycles. The highest BCUT2D eigenvalue weighted by atomic mass is 35.5. The first kappa shape index (κ1) is 12.8. The van der Waals surface area contributed by atoms with Gasteiger partial charge in [0.15, 0.2) is 0 Å². The second-order valence-electron chi connectivity index (χ2n) is 3.55. The summed E-state index contributed by atoms with van der Waals surface area (Å²) in [4.78, 5) is 7.49. The molecule has 0 fully saturated rings. The lowest BCUT2D eigenvalue weighted by Gasteiger charge is -2.09. The summed E-state index contributed by atoms with van der Waals surface area (Å²) < 4.78 is 5.41. The van der Waals surface area contributed by atoms with Crippen LogP contribution >= 0.6 is 11.6 Å². The minimum absolute atomic E-state index is 0.0116. The maximum absolute atomic E-state index is 9.15. The van der Waals surface area contributed by atoms with Gasteiger partial charge in [-0.1, -0.05) is 30.3 Å². The first-order valence-electron chi connectivity index (χ1n) is 5.22. The molecule has 0 aliphatic carbocycles. The molecule has 0 unspecified atom stereocenters. The fraction of sp³-hybridized carbons (Fsp3) is 0.0909. The van der Waals surface area contributed by atoms with Crippen molar-refractivity contribution in [3.63, 3.8) is 0 Å². The Kier molecular flexibility index (Phi) is 4.14. The molecule has 0 aliphatic rings. The van der Waals surface area contributed by atoms with E-state index in [1.807, 2.05) is 30.3 Å². The maximum atomic E-state index is 9.15. The van der Waals surface area contributed by atoms with Crippen LogP contribution in [0.3, 0.4) is 0 Å². The molecule has 7 heteroatoms. The van der Waals surface area contributed by atoms with Gasteiger partial charge in [-0.05, 0) is 17.2 Å². The van der Waals surface area contributed by atoms with E-state index in [1.165, 1.54) is 6.20 Å².